The summed E-state index contributed by atoms with van der Waals surface area (Å²) < 4.78 is 5.12. The highest BCUT2D eigenvalue weighted by Crippen LogP contribution is 2.27. The number of hydrogen-bond acceptors (Lipinski definition) is 4. The van der Waals surface area contributed by atoms with Crippen molar-refractivity contribution in [3.63, 3.8) is 0 Å². The summed E-state index contributed by atoms with van der Waals surface area (Å²) in [5.41, 5.74) is -1.27. The zero-order chi connectivity index (χ0) is 14.6. The zero-order valence-electron chi connectivity index (χ0n) is 11.7. The molecule has 2 fully saturated rings. The van der Waals surface area contributed by atoms with Gasteiger partial charge >= 0.3 is 12.0 Å². The van der Waals surface area contributed by atoms with E-state index >= 15 is 0 Å². The zero-order valence-corrected chi connectivity index (χ0v) is 12.5. The van der Waals surface area contributed by atoms with Gasteiger partial charge in [0, 0.05) is 24.3 Å². The van der Waals surface area contributed by atoms with Gasteiger partial charge in [-0.25, -0.2) is 9.59 Å². The second-order valence-electron chi connectivity index (χ2n) is 5.51. The van der Waals surface area contributed by atoms with Crippen molar-refractivity contribution in [2.75, 3.05) is 19.5 Å². The molecule has 7 heteroatoms. The van der Waals surface area contributed by atoms with Crippen LogP contribution in [0.2, 0.25) is 0 Å². The van der Waals surface area contributed by atoms with Crippen molar-refractivity contribution >= 4 is 23.8 Å². The first-order valence-electron chi connectivity index (χ1n) is 6.98. The Bertz CT molecular complexity index is 371. The van der Waals surface area contributed by atoms with Gasteiger partial charge in [0.2, 0.25) is 0 Å². The number of hydrogen-bond donors (Lipinski definition) is 3. The SMILES string of the molecule is CSC1CCCC(NC(=O)NC2(C(=O)O)CCOC2)C1. The predicted molar refractivity (Wildman–Crippen MR) is 77.0 cm³/mol. The monoisotopic (exact) mass is 302 g/mol. The number of carboxylic acid groups (broad SMARTS) is 1. The highest BCUT2D eigenvalue weighted by molar-refractivity contribution is 7.99. The van der Waals surface area contributed by atoms with E-state index in [0.29, 0.717) is 18.3 Å². The first-order chi connectivity index (χ1) is 9.55. The lowest BCUT2D eigenvalue weighted by Crippen LogP contribution is -2.59. The lowest BCUT2D eigenvalue weighted by molar-refractivity contribution is -0.144. The number of ether oxygens (including phenoxy) is 1. The van der Waals surface area contributed by atoms with Gasteiger partial charge in [0.25, 0.3) is 0 Å². The number of rotatable bonds is 4. The topological polar surface area (TPSA) is 87.7 Å². The highest BCUT2D eigenvalue weighted by atomic mass is 32.2. The standard InChI is InChI=1S/C13H22N2O4S/c1-20-10-4-2-3-9(7-10)14-12(18)15-13(11(16)17)5-6-19-8-13/h9-10H,2-8H2,1H3,(H,16,17)(H2,14,15,18). The molecule has 2 aliphatic rings. The van der Waals surface area contributed by atoms with Crippen molar-refractivity contribution in [2.45, 2.75) is 48.9 Å². The molecule has 20 heavy (non-hydrogen) atoms. The second kappa shape index (κ2) is 6.67. The van der Waals surface area contributed by atoms with Gasteiger partial charge in [0.1, 0.15) is 0 Å². The summed E-state index contributed by atoms with van der Waals surface area (Å²) in [7, 11) is 0. The first kappa shape index (κ1) is 15.4. The van der Waals surface area contributed by atoms with E-state index in [0.717, 1.165) is 19.3 Å². The van der Waals surface area contributed by atoms with Gasteiger partial charge in [-0.2, -0.15) is 11.8 Å². The van der Waals surface area contributed by atoms with Gasteiger partial charge < -0.3 is 20.5 Å². The van der Waals surface area contributed by atoms with Crippen LogP contribution < -0.4 is 10.6 Å². The molecule has 2 amide bonds. The molecule has 6 nitrogen and oxygen atoms in total. The third kappa shape index (κ3) is 3.58. The summed E-state index contributed by atoms with van der Waals surface area (Å²) in [6, 6.07) is -0.265. The van der Waals surface area contributed by atoms with Crippen LogP contribution in [0, 0.1) is 0 Å². The molecule has 1 aliphatic carbocycles. The Labute approximate surface area is 123 Å². The van der Waals surface area contributed by atoms with Crippen LogP contribution in [0.1, 0.15) is 32.1 Å². The van der Waals surface area contributed by atoms with Gasteiger partial charge in [-0.15, -0.1) is 0 Å². The Morgan fingerprint density at radius 3 is 2.80 bits per heavy atom. The molecule has 0 bridgehead atoms. The highest BCUT2D eigenvalue weighted by Gasteiger charge is 2.44. The molecular formula is C13H22N2O4S. The normalized spacial score (nSPS) is 33.6. The molecular weight excluding hydrogens is 280 g/mol. The van der Waals surface area contributed by atoms with Gasteiger partial charge in [-0.05, 0) is 25.5 Å². The molecule has 3 unspecified atom stereocenters. The summed E-state index contributed by atoms with van der Waals surface area (Å²) in [6.07, 6.45) is 6.60. The third-order valence-electron chi connectivity index (χ3n) is 4.08. The Hall–Kier alpha value is -0.950. The minimum atomic E-state index is -1.27. The van der Waals surface area contributed by atoms with E-state index in [2.05, 4.69) is 16.9 Å². The fourth-order valence-electron chi connectivity index (χ4n) is 2.81. The van der Waals surface area contributed by atoms with Crippen LogP contribution in [0.25, 0.3) is 0 Å². The Morgan fingerprint density at radius 1 is 1.40 bits per heavy atom. The van der Waals surface area contributed by atoms with Gasteiger partial charge in [0.05, 0.1) is 6.61 Å². The Balaban J connectivity index is 1.87. The number of carboxylic acids is 1. The maximum atomic E-state index is 12.0. The Morgan fingerprint density at radius 2 is 2.20 bits per heavy atom. The summed E-state index contributed by atoms with van der Waals surface area (Å²) in [6.45, 7) is 0.401. The smallest absolute Gasteiger partial charge is 0.332 e. The molecule has 1 aliphatic heterocycles. The molecule has 1 saturated heterocycles. The van der Waals surface area contributed by atoms with Crippen LogP contribution in [0.5, 0.6) is 0 Å². The second-order valence-corrected chi connectivity index (χ2v) is 6.65. The molecule has 3 N–H and O–H groups in total. The first-order valence-corrected chi connectivity index (χ1v) is 8.27. The fraction of sp³-hybridized carbons (Fsp3) is 0.846. The number of thioether (sulfide) groups is 1. The lowest BCUT2D eigenvalue weighted by atomic mass is 9.95. The molecule has 2 rings (SSSR count). The maximum absolute atomic E-state index is 12.0. The summed E-state index contributed by atoms with van der Waals surface area (Å²) in [5.74, 6) is -1.03. The van der Waals surface area contributed by atoms with E-state index in [1.165, 1.54) is 6.42 Å². The van der Waals surface area contributed by atoms with Gasteiger partial charge in [0.15, 0.2) is 5.54 Å². The largest absolute Gasteiger partial charge is 0.479 e. The van der Waals surface area contributed by atoms with Crippen LogP contribution in [-0.4, -0.2) is 53.4 Å². The van der Waals surface area contributed by atoms with Gasteiger partial charge in [-0.1, -0.05) is 6.42 Å². The van der Waals surface area contributed by atoms with Crippen molar-refractivity contribution in [3.05, 3.63) is 0 Å². The van der Waals surface area contributed by atoms with E-state index in [-0.39, 0.29) is 12.6 Å². The average molecular weight is 302 g/mol. The molecule has 3 atom stereocenters. The van der Waals surface area contributed by atoms with Crippen molar-refractivity contribution < 1.29 is 19.4 Å². The molecule has 0 radical (unpaired) electrons. The molecule has 1 heterocycles. The Kier molecular flexibility index (Phi) is 5.15. The van der Waals surface area contributed by atoms with E-state index in [1.807, 2.05) is 11.8 Å². The number of nitrogens with one attached hydrogen (secondary N) is 2. The van der Waals surface area contributed by atoms with Crippen LogP contribution in [-0.2, 0) is 9.53 Å². The quantitative estimate of drug-likeness (QED) is 0.726. The summed E-state index contributed by atoms with van der Waals surface area (Å²) in [5, 5.41) is 15.4. The molecule has 114 valence electrons. The summed E-state index contributed by atoms with van der Waals surface area (Å²) >= 11 is 1.83. The third-order valence-corrected chi connectivity index (χ3v) is 5.17. The number of carbonyl (C=O) groups excluding carboxylic acids is 1. The van der Waals surface area contributed by atoms with Crippen molar-refractivity contribution in [1.29, 1.82) is 0 Å². The van der Waals surface area contributed by atoms with E-state index < -0.39 is 17.5 Å². The van der Waals surface area contributed by atoms with Crippen LogP contribution >= 0.6 is 11.8 Å². The van der Waals surface area contributed by atoms with Crippen LogP contribution in [0.4, 0.5) is 4.79 Å². The number of aliphatic carboxylic acids is 1. The molecule has 1 saturated carbocycles. The maximum Gasteiger partial charge on any atom is 0.332 e. The number of urea groups is 1. The molecule has 0 aromatic rings. The number of carbonyl (C=O) groups is 2. The van der Waals surface area contributed by atoms with E-state index in [4.69, 9.17) is 4.74 Å². The predicted octanol–water partition coefficient (Wildman–Crippen LogP) is 1.20. The average Bonchev–Trinajstić information content (AvgIpc) is 2.88. The van der Waals surface area contributed by atoms with E-state index in [1.54, 1.807) is 0 Å². The van der Waals surface area contributed by atoms with Crippen LogP contribution in [0.15, 0.2) is 0 Å². The number of amides is 2. The van der Waals surface area contributed by atoms with Crippen molar-refractivity contribution in [2.24, 2.45) is 0 Å². The van der Waals surface area contributed by atoms with Gasteiger partial charge in [-0.3, -0.25) is 0 Å². The summed E-state index contributed by atoms with van der Waals surface area (Å²) in [4.78, 5) is 23.3. The van der Waals surface area contributed by atoms with Crippen molar-refractivity contribution in [1.82, 2.24) is 10.6 Å². The fourth-order valence-corrected chi connectivity index (χ4v) is 3.64. The minimum Gasteiger partial charge on any atom is -0.479 e. The molecule has 0 aromatic heterocycles. The molecule has 0 aromatic carbocycles. The van der Waals surface area contributed by atoms with Crippen molar-refractivity contribution in [3.8, 4) is 0 Å². The minimum absolute atomic E-state index is 0.0356. The molecule has 0 spiro atoms. The lowest BCUT2D eigenvalue weighted by Gasteiger charge is -2.30. The van der Waals surface area contributed by atoms with Crippen LogP contribution in [0.3, 0.4) is 0 Å². The van der Waals surface area contributed by atoms with E-state index in [9.17, 15) is 14.7 Å².